The van der Waals surface area contributed by atoms with E-state index in [1.54, 1.807) is 29.9 Å². The lowest BCUT2D eigenvalue weighted by Gasteiger charge is -2.37. The number of aromatic nitrogens is 2. The van der Waals surface area contributed by atoms with Crippen molar-refractivity contribution in [2.75, 3.05) is 6.54 Å². The van der Waals surface area contributed by atoms with E-state index in [1.807, 2.05) is 59.5 Å². The third kappa shape index (κ3) is 5.50. The summed E-state index contributed by atoms with van der Waals surface area (Å²) < 4.78 is 11.6. The molecule has 1 aliphatic heterocycles. The summed E-state index contributed by atoms with van der Waals surface area (Å²) in [6.45, 7) is 1.19. The summed E-state index contributed by atoms with van der Waals surface area (Å²) in [5.74, 6) is 0.602. The number of hydrogen-bond donors (Lipinski definition) is 1. The lowest BCUT2D eigenvalue weighted by atomic mass is 9.87. The van der Waals surface area contributed by atoms with Crippen LogP contribution in [0.4, 0.5) is 0 Å². The number of fused-ring (bicyclic) bond motifs is 1. The number of carbonyl (C=O) groups is 2. The minimum Gasteiger partial charge on any atom is -0.486 e. The van der Waals surface area contributed by atoms with Crippen LogP contribution >= 0.6 is 11.3 Å². The molecular weight excluding hydrogens is 524 g/mol. The topological polar surface area (TPSA) is 97.6 Å². The van der Waals surface area contributed by atoms with Crippen molar-refractivity contribution in [1.29, 1.82) is 0 Å². The van der Waals surface area contributed by atoms with Crippen molar-refractivity contribution >= 4 is 23.2 Å². The van der Waals surface area contributed by atoms with E-state index in [9.17, 15) is 9.59 Å². The van der Waals surface area contributed by atoms with Gasteiger partial charge in [-0.05, 0) is 59.0 Å². The molecule has 9 heteroatoms. The average Bonchev–Trinajstić information content (AvgIpc) is 3.72. The molecule has 3 aromatic heterocycles. The van der Waals surface area contributed by atoms with Gasteiger partial charge >= 0.3 is 0 Å². The van der Waals surface area contributed by atoms with Gasteiger partial charge in [0.2, 0.25) is 0 Å². The number of amides is 2. The molecule has 2 aromatic carbocycles. The molecule has 8 nitrogen and oxygen atoms in total. The number of nitrogens with one attached hydrogen (secondary N) is 1. The quantitative estimate of drug-likeness (QED) is 0.277. The monoisotopic (exact) mass is 550 g/mol. The predicted molar refractivity (Wildman–Crippen MR) is 150 cm³/mol. The molecule has 1 atom stereocenters. The van der Waals surface area contributed by atoms with E-state index in [-0.39, 0.29) is 24.5 Å². The summed E-state index contributed by atoms with van der Waals surface area (Å²) in [6.07, 6.45) is 5.66. The van der Waals surface area contributed by atoms with Crippen LogP contribution in [-0.4, -0.2) is 33.2 Å². The number of nitrogens with zero attached hydrogens (tertiary/aromatic N) is 3. The van der Waals surface area contributed by atoms with Crippen LogP contribution in [0.5, 0.6) is 5.75 Å². The number of furan rings is 1. The molecule has 2 amide bonds. The third-order valence-corrected chi connectivity index (χ3v) is 7.60. The maximum Gasteiger partial charge on any atom is 0.290 e. The fourth-order valence-corrected chi connectivity index (χ4v) is 5.53. The highest BCUT2D eigenvalue weighted by Gasteiger charge is 2.34. The largest absolute Gasteiger partial charge is 0.486 e. The molecule has 1 aliphatic rings. The summed E-state index contributed by atoms with van der Waals surface area (Å²) in [4.78, 5) is 36.3. The van der Waals surface area contributed by atoms with Crippen molar-refractivity contribution in [3.05, 3.63) is 136 Å². The number of ether oxygens (including phenoxy) is 1. The zero-order valence-corrected chi connectivity index (χ0v) is 22.3. The second-order valence-electron chi connectivity index (χ2n) is 9.36. The first-order valence-electron chi connectivity index (χ1n) is 12.9. The molecule has 0 spiro atoms. The molecule has 40 heavy (non-hydrogen) atoms. The average molecular weight is 551 g/mol. The fourth-order valence-electron chi connectivity index (χ4n) is 4.84. The molecule has 0 bridgehead atoms. The van der Waals surface area contributed by atoms with E-state index in [0.717, 1.165) is 23.1 Å². The molecule has 0 saturated carbocycles. The minimum absolute atomic E-state index is 0.145. The van der Waals surface area contributed by atoms with Gasteiger partial charge in [-0.2, -0.15) is 0 Å². The Morgan fingerprint density at radius 1 is 1.07 bits per heavy atom. The molecule has 200 valence electrons. The predicted octanol–water partition coefficient (Wildman–Crippen LogP) is 5.43. The number of carbonyl (C=O) groups excluding carboxylic acids is 2. The number of thiazole rings is 1. The molecule has 4 heterocycles. The highest BCUT2D eigenvalue weighted by Crippen LogP contribution is 2.38. The molecule has 0 radical (unpaired) electrons. The van der Waals surface area contributed by atoms with Crippen LogP contribution in [0.15, 0.2) is 101 Å². The molecule has 5 aromatic rings. The second kappa shape index (κ2) is 11.5. The first kappa shape index (κ1) is 25.5. The summed E-state index contributed by atoms with van der Waals surface area (Å²) in [5.41, 5.74) is 4.48. The number of hydrogen-bond acceptors (Lipinski definition) is 7. The summed E-state index contributed by atoms with van der Waals surface area (Å²) in [6, 6.07) is 22.9. The van der Waals surface area contributed by atoms with Crippen molar-refractivity contribution in [3.8, 4) is 5.75 Å². The van der Waals surface area contributed by atoms with Crippen LogP contribution in [-0.2, 0) is 19.6 Å². The SMILES string of the molecule is O=C(NCc1cccnc1)c1csc(COc2ccc3c(c2)C(c2ccccc2)N(C(=O)c2ccco2)CC3)n1. The van der Waals surface area contributed by atoms with Gasteiger partial charge in [-0.1, -0.05) is 42.5 Å². The highest BCUT2D eigenvalue weighted by molar-refractivity contribution is 7.09. The molecule has 0 fully saturated rings. The van der Waals surface area contributed by atoms with Gasteiger partial charge in [0.25, 0.3) is 11.8 Å². The molecule has 1 unspecified atom stereocenters. The van der Waals surface area contributed by atoms with Gasteiger partial charge in [0.05, 0.1) is 12.3 Å². The normalized spacial score (nSPS) is 14.4. The first-order chi connectivity index (χ1) is 19.7. The second-order valence-corrected chi connectivity index (χ2v) is 10.3. The Hall–Kier alpha value is -4.76. The van der Waals surface area contributed by atoms with Crippen LogP contribution in [0.25, 0.3) is 0 Å². The summed E-state index contributed by atoms with van der Waals surface area (Å²) in [5, 5.41) is 5.29. The maximum atomic E-state index is 13.4. The van der Waals surface area contributed by atoms with Gasteiger partial charge in [-0.3, -0.25) is 14.6 Å². The zero-order chi connectivity index (χ0) is 27.3. The van der Waals surface area contributed by atoms with Gasteiger partial charge in [0.1, 0.15) is 23.1 Å². The van der Waals surface area contributed by atoms with Gasteiger partial charge in [0.15, 0.2) is 5.76 Å². The van der Waals surface area contributed by atoms with E-state index >= 15 is 0 Å². The summed E-state index contributed by atoms with van der Waals surface area (Å²) >= 11 is 1.38. The molecular formula is C31H26N4O4S. The van der Waals surface area contributed by atoms with Crippen molar-refractivity contribution < 1.29 is 18.7 Å². The van der Waals surface area contributed by atoms with Gasteiger partial charge in [-0.25, -0.2) is 4.98 Å². The van der Waals surface area contributed by atoms with Crippen molar-refractivity contribution in [1.82, 2.24) is 20.2 Å². The van der Waals surface area contributed by atoms with Crippen LogP contribution in [0.2, 0.25) is 0 Å². The van der Waals surface area contributed by atoms with Crippen LogP contribution in [0.3, 0.4) is 0 Å². The van der Waals surface area contributed by atoms with Gasteiger partial charge in [0, 0.05) is 30.9 Å². The summed E-state index contributed by atoms with van der Waals surface area (Å²) in [7, 11) is 0. The zero-order valence-electron chi connectivity index (χ0n) is 21.5. The van der Waals surface area contributed by atoms with Crippen molar-refractivity contribution in [2.24, 2.45) is 0 Å². The molecule has 6 rings (SSSR count). The van der Waals surface area contributed by atoms with E-state index < -0.39 is 0 Å². The van der Waals surface area contributed by atoms with E-state index in [1.165, 1.54) is 23.2 Å². The van der Waals surface area contributed by atoms with Crippen LogP contribution in [0, 0.1) is 0 Å². The maximum absolute atomic E-state index is 13.4. The standard InChI is InChI=1S/C31H26N4O4S/c36-30(33-18-21-6-4-13-32-17-21)26-20-40-28(34-26)19-39-24-11-10-22-12-14-35(31(37)27-9-5-15-38-27)29(25(22)16-24)23-7-2-1-3-8-23/h1-11,13,15-17,20,29H,12,14,18-19H2,(H,33,36). The number of benzene rings is 2. The Morgan fingerprint density at radius 3 is 2.77 bits per heavy atom. The highest BCUT2D eigenvalue weighted by atomic mass is 32.1. The Labute approximate surface area is 235 Å². The Morgan fingerprint density at radius 2 is 1.98 bits per heavy atom. The first-order valence-corrected chi connectivity index (χ1v) is 13.8. The van der Waals surface area contributed by atoms with E-state index in [0.29, 0.717) is 35.3 Å². The smallest absolute Gasteiger partial charge is 0.290 e. The minimum atomic E-state index is -0.277. The molecule has 0 aliphatic carbocycles. The number of rotatable bonds is 8. The third-order valence-electron chi connectivity index (χ3n) is 6.78. The van der Waals surface area contributed by atoms with Crippen LogP contribution < -0.4 is 10.1 Å². The molecule has 1 N–H and O–H groups in total. The number of pyridine rings is 1. The lowest BCUT2D eigenvalue weighted by molar-refractivity contribution is 0.0661. The van der Waals surface area contributed by atoms with Crippen LogP contribution in [0.1, 0.15) is 54.3 Å². The van der Waals surface area contributed by atoms with Gasteiger partial charge < -0.3 is 19.4 Å². The Kier molecular flexibility index (Phi) is 7.37. The van der Waals surface area contributed by atoms with E-state index in [4.69, 9.17) is 9.15 Å². The lowest BCUT2D eigenvalue weighted by Crippen LogP contribution is -2.40. The Balaban J connectivity index is 1.18. The van der Waals surface area contributed by atoms with Gasteiger partial charge in [-0.15, -0.1) is 11.3 Å². The molecule has 0 saturated heterocycles. The van der Waals surface area contributed by atoms with Crippen molar-refractivity contribution in [2.45, 2.75) is 25.6 Å². The Bertz CT molecular complexity index is 1600. The fraction of sp³-hybridized carbons (Fsp3) is 0.161. The van der Waals surface area contributed by atoms with Crippen molar-refractivity contribution in [3.63, 3.8) is 0 Å². The van der Waals surface area contributed by atoms with E-state index in [2.05, 4.69) is 21.4 Å².